The van der Waals surface area contributed by atoms with Gasteiger partial charge in [0.05, 0.1) is 0 Å². The maximum Gasteiger partial charge on any atom is 0.117 e. The number of hydrogen-bond donors (Lipinski definition) is 0. The van der Waals surface area contributed by atoms with Crippen molar-refractivity contribution in [3.63, 3.8) is 0 Å². The molecule has 1 saturated heterocycles. The van der Waals surface area contributed by atoms with Gasteiger partial charge in [0.25, 0.3) is 0 Å². The summed E-state index contributed by atoms with van der Waals surface area (Å²) in [5, 5.41) is 2.35. The van der Waals surface area contributed by atoms with E-state index in [0.29, 0.717) is 20.1 Å². The summed E-state index contributed by atoms with van der Waals surface area (Å²) in [6.07, 6.45) is -0.391. The molecule has 0 aromatic heterocycles. The van der Waals surface area contributed by atoms with Crippen molar-refractivity contribution in [1.82, 2.24) is 0 Å². The van der Waals surface area contributed by atoms with Crippen LogP contribution in [0.3, 0.4) is 0 Å². The minimum absolute atomic E-state index is 0.196. The van der Waals surface area contributed by atoms with Gasteiger partial charge in [-0.1, -0.05) is 58.5 Å². The summed E-state index contributed by atoms with van der Waals surface area (Å²) >= 11 is 24.7. The molecule has 0 spiro atoms. The number of hydrogen-bond acceptors (Lipinski definition) is 1. The number of halogens is 4. The van der Waals surface area contributed by atoms with Crippen LogP contribution in [0.2, 0.25) is 20.1 Å². The maximum atomic E-state index is 6.17. The average Bonchev–Trinajstić information content (AvgIpc) is 3.08. The first-order valence-electron chi connectivity index (χ1n) is 5.63. The topological polar surface area (TPSA) is 12.5 Å². The van der Waals surface area contributed by atoms with Crippen molar-refractivity contribution in [3.05, 3.63) is 67.6 Å². The Bertz CT molecular complexity index is 545. The molecule has 0 unspecified atom stereocenters. The zero-order chi connectivity index (χ0) is 13.6. The van der Waals surface area contributed by atoms with Gasteiger partial charge in [-0.15, -0.1) is 0 Å². The minimum Gasteiger partial charge on any atom is -0.359 e. The van der Waals surface area contributed by atoms with Crippen molar-refractivity contribution in [2.75, 3.05) is 0 Å². The van der Waals surface area contributed by atoms with Gasteiger partial charge in [0, 0.05) is 31.2 Å². The van der Waals surface area contributed by atoms with Crippen LogP contribution < -0.4 is 0 Å². The smallest absolute Gasteiger partial charge is 0.117 e. The van der Waals surface area contributed by atoms with Gasteiger partial charge in [-0.2, -0.15) is 0 Å². The molecule has 2 aromatic carbocycles. The molecule has 0 saturated carbocycles. The lowest BCUT2D eigenvalue weighted by molar-refractivity contribution is 0.378. The second kappa shape index (κ2) is 5.16. The first kappa shape index (κ1) is 13.5. The molecule has 0 radical (unpaired) electrons. The van der Waals surface area contributed by atoms with Crippen molar-refractivity contribution in [2.24, 2.45) is 0 Å². The maximum absolute atomic E-state index is 6.17. The van der Waals surface area contributed by atoms with E-state index in [1.54, 1.807) is 36.4 Å². The number of benzene rings is 2. The summed E-state index contributed by atoms with van der Waals surface area (Å²) < 4.78 is 5.67. The lowest BCUT2D eigenvalue weighted by atomic mass is 10.0. The van der Waals surface area contributed by atoms with E-state index in [1.165, 1.54) is 0 Å². The molecular weight excluding hydrogens is 326 g/mol. The first-order chi connectivity index (χ1) is 9.09. The van der Waals surface area contributed by atoms with E-state index in [9.17, 15) is 0 Å². The van der Waals surface area contributed by atoms with Gasteiger partial charge in [-0.25, -0.2) is 0 Å². The van der Waals surface area contributed by atoms with Gasteiger partial charge < -0.3 is 4.74 Å². The zero-order valence-corrected chi connectivity index (χ0v) is 12.6. The SMILES string of the molecule is Clc1cccc(Cl)c1[C@@H]1O[C@H]1c1c(Cl)cccc1Cl. The minimum atomic E-state index is -0.196. The molecule has 0 aliphatic carbocycles. The molecule has 19 heavy (non-hydrogen) atoms. The summed E-state index contributed by atoms with van der Waals surface area (Å²) in [4.78, 5) is 0. The Balaban J connectivity index is 1.97. The number of rotatable bonds is 2. The van der Waals surface area contributed by atoms with Gasteiger partial charge in [0.15, 0.2) is 0 Å². The second-order valence-electron chi connectivity index (χ2n) is 4.25. The molecule has 98 valence electrons. The molecular formula is C14H8Cl4O. The molecule has 3 rings (SSSR count). The Morgan fingerprint density at radius 3 is 1.26 bits per heavy atom. The number of ether oxygens (including phenoxy) is 1. The highest BCUT2D eigenvalue weighted by molar-refractivity contribution is 6.37. The van der Waals surface area contributed by atoms with E-state index >= 15 is 0 Å². The van der Waals surface area contributed by atoms with Crippen LogP contribution in [0.4, 0.5) is 0 Å². The van der Waals surface area contributed by atoms with Gasteiger partial charge in [0.1, 0.15) is 12.2 Å². The summed E-state index contributed by atoms with van der Waals surface area (Å²) in [6.45, 7) is 0. The Morgan fingerprint density at radius 2 is 0.947 bits per heavy atom. The van der Waals surface area contributed by atoms with Gasteiger partial charge in [-0.05, 0) is 24.3 Å². The number of epoxide rings is 1. The van der Waals surface area contributed by atoms with Crippen molar-refractivity contribution < 1.29 is 4.74 Å². The fraction of sp³-hybridized carbons (Fsp3) is 0.143. The van der Waals surface area contributed by atoms with Crippen molar-refractivity contribution in [1.29, 1.82) is 0 Å². The third-order valence-electron chi connectivity index (χ3n) is 3.06. The Hall–Kier alpha value is -0.440. The summed E-state index contributed by atoms with van der Waals surface area (Å²) in [6, 6.07) is 10.7. The highest BCUT2D eigenvalue weighted by Crippen LogP contribution is 2.57. The monoisotopic (exact) mass is 332 g/mol. The third-order valence-corrected chi connectivity index (χ3v) is 4.38. The largest absolute Gasteiger partial charge is 0.359 e. The van der Waals surface area contributed by atoms with Crippen LogP contribution in [-0.4, -0.2) is 0 Å². The summed E-state index contributed by atoms with van der Waals surface area (Å²) in [5.74, 6) is 0. The fourth-order valence-corrected chi connectivity index (χ4v) is 3.34. The summed E-state index contributed by atoms with van der Waals surface area (Å²) in [7, 11) is 0. The van der Waals surface area contributed by atoms with E-state index < -0.39 is 0 Å². The summed E-state index contributed by atoms with van der Waals surface area (Å²) in [5.41, 5.74) is 1.57. The Labute approximate surface area is 131 Å². The molecule has 0 N–H and O–H groups in total. The highest BCUT2D eigenvalue weighted by Gasteiger charge is 2.45. The van der Waals surface area contributed by atoms with E-state index in [4.69, 9.17) is 51.1 Å². The molecule has 2 atom stereocenters. The predicted octanol–water partition coefficient (Wildman–Crippen LogP) is 6.11. The highest BCUT2D eigenvalue weighted by atomic mass is 35.5. The molecule has 1 aliphatic heterocycles. The van der Waals surface area contributed by atoms with Crippen molar-refractivity contribution >= 4 is 46.4 Å². The first-order valence-corrected chi connectivity index (χ1v) is 7.14. The van der Waals surface area contributed by atoms with E-state index in [-0.39, 0.29) is 12.2 Å². The Morgan fingerprint density at radius 1 is 0.632 bits per heavy atom. The fourth-order valence-electron chi connectivity index (χ4n) is 2.12. The lowest BCUT2D eigenvalue weighted by Gasteiger charge is -2.05. The van der Waals surface area contributed by atoms with Crippen molar-refractivity contribution in [2.45, 2.75) is 12.2 Å². The molecule has 1 aliphatic rings. The molecule has 5 heteroatoms. The molecule has 1 fully saturated rings. The lowest BCUT2D eigenvalue weighted by Crippen LogP contribution is -1.89. The molecule has 0 bridgehead atoms. The average molecular weight is 334 g/mol. The van der Waals surface area contributed by atoms with Crippen LogP contribution in [0, 0.1) is 0 Å². The molecule has 1 nitrogen and oxygen atoms in total. The van der Waals surface area contributed by atoms with E-state index in [2.05, 4.69) is 0 Å². The quantitative estimate of drug-likeness (QED) is 0.604. The van der Waals surface area contributed by atoms with Crippen molar-refractivity contribution in [3.8, 4) is 0 Å². The standard InChI is InChI=1S/C14H8Cl4O/c15-7-3-1-4-8(16)11(7)13-14(19-13)12-9(17)5-2-6-10(12)18/h1-6,13-14H/t13-,14-/m0/s1. The van der Waals surface area contributed by atoms with Gasteiger partial charge in [-0.3, -0.25) is 0 Å². The molecule has 2 aromatic rings. The van der Waals surface area contributed by atoms with Crippen LogP contribution in [0.1, 0.15) is 23.3 Å². The normalized spacial score (nSPS) is 21.5. The van der Waals surface area contributed by atoms with Crippen LogP contribution in [-0.2, 0) is 4.74 Å². The second-order valence-corrected chi connectivity index (χ2v) is 5.88. The van der Waals surface area contributed by atoms with E-state index in [1.807, 2.05) is 0 Å². The van der Waals surface area contributed by atoms with Crippen LogP contribution in [0.15, 0.2) is 36.4 Å². The van der Waals surface area contributed by atoms with Crippen LogP contribution in [0.25, 0.3) is 0 Å². The molecule has 1 heterocycles. The molecule has 0 amide bonds. The Kier molecular flexibility index (Phi) is 3.67. The zero-order valence-electron chi connectivity index (χ0n) is 9.54. The van der Waals surface area contributed by atoms with E-state index in [0.717, 1.165) is 11.1 Å². The van der Waals surface area contributed by atoms with Crippen LogP contribution >= 0.6 is 46.4 Å². The van der Waals surface area contributed by atoms with Crippen LogP contribution in [0.5, 0.6) is 0 Å². The third kappa shape index (κ3) is 2.46. The predicted molar refractivity (Wildman–Crippen MR) is 79.5 cm³/mol. The van der Waals surface area contributed by atoms with Gasteiger partial charge in [0.2, 0.25) is 0 Å². The van der Waals surface area contributed by atoms with Gasteiger partial charge >= 0.3 is 0 Å².